The van der Waals surface area contributed by atoms with Crippen molar-refractivity contribution in [3.05, 3.63) is 46.8 Å². The van der Waals surface area contributed by atoms with Crippen LogP contribution in [0, 0.1) is 13.8 Å². The minimum atomic E-state index is -4.55. The Morgan fingerprint density at radius 1 is 1.19 bits per heavy atom. The van der Waals surface area contributed by atoms with Gasteiger partial charge >= 0.3 is 6.18 Å². The van der Waals surface area contributed by atoms with Gasteiger partial charge in [0.1, 0.15) is 18.0 Å². The molecule has 3 aromatic rings. The standard InChI is InChI=1S/C21H23F3N4O3/c1-11-8-16(21(22,23)24)19-13(3)27-28(20(19)25-11)10-18(29)26-12(2)15-9-14(30-4)6-7-17(15)31-5/h6-9,12H,10H2,1-5H3,(H,26,29). The smallest absolute Gasteiger partial charge is 0.417 e. The number of alkyl halides is 3. The lowest BCUT2D eigenvalue weighted by Crippen LogP contribution is -2.30. The van der Waals surface area contributed by atoms with Crippen LogP contribution in [0.5, 0.6) is 11.5 Å². The first kappa shape index (κ1) is 22.4. The van der Waals surface area contributed by atoms with E-state index in [9.17, 15) is 18.0 Å². The largest absolute Gasteiger partial charge is 0.497 e. The molecule has 1 amide bonds. The fraction of sp³-hybridized carbons (Fsp3) is 0.381. The lowest BCUT2D eigenvalue weighted by Gasteiger charge is -2.18. The monoisotopic (exact) mass is 436 g/mol. The molecule has 1 N–H and O–H groups in total. The molecule has 0 saturated heterocycles. The van der Waals surface area contributed by atoms with E-state index < -0.39 is 23.7 Å². The van der Waals surface area contributed by atoms with Crippen LogP contribution in [0.2, 0.25) is 0 Å². The molecule has 31 heavy (non-hydrogen) atoms. The van der Waals surface area contributed by atoms with Crippen LogP contribution in [0.3, 0.4) is 0 Å². The molecule has 1 atom stereocenters. The first-order valence-electron chi connectivity index (χ1n) is 9.48. The van der Waals surface area contributed by atoms with Gasteiger partial charge in [0.05, 0.1) is 36.9 Å². The van der Waals surface area contributed by atoms with Gasteiger partial charge in [-0.3, -0.25) is 4.79 Å². The predicted octanol–water partition coefficient (Wildman–Crippen LogP) is 3.96. The van der Waals surface area contributed by atoms with Gasteiger partial charge in [-0.15, -0.1) is 0 Å². The van der Waals surface area contributed by atoms with Gasteiger partial charge in [0.25, 0.3) is 0 Å². The van der Waals surface area contributed by atoms with E-state index in [0.717, 1.165) is 6.07 Å². The number of halogens is 3. The second-order valence-electron chi connectivity index (χ2n) is 7.15. The molecule has 1 unspecified atom stereocenters. The minimum Gasteiger partial charge on any atom is -0.497 e. The number of aromatic nitrogens is 3. The molecule has 3 rings (SSSR count). The first-order valence-corrected chi connectivity index (χ1v) is 9.48. The normalized spacial score (nSPS) is 12.6. The van der Waals surface area contributed by atoms with E-state index in [4.69, 9.17) is 9.47 Å². The maximum absolute atomic E-state index is 13.5. The number of ether oxygens (including phenoxy) is 2. The molecule has 2 aromatic heterocycles. The molecule has 0 aliphatic heterocycles. The van der Waals surface area contributed by atoms with Crippen molar-refractivity contribution in [1.29, 1.82) is 0 Å². The molecule has 10 heteroatoms. The number of carbonyl (C=O) groups is 1. The average Bonchev–Trinajstić information content (AvgIpc) is 3.00. The quantitative estimate of drug-likeness (QED) is 0.633. The number of nitrogens with one attached hydrogen (secondary N) is 1. The third-order valence-corrected chi connectivity index (χ3v) is 4.89. The van der Waals surface area contributed by atoms with Crippen molar-refractivity contribution in [2.45, 2.75) is 39.5 Å². The van der Waals surface area contributed by atoms with E-state index in [1.165, 1.54) is 32.7 Å². The van der Waals surface area contributed by atoms with E-state index in [1.807, 2.05) is 0 Å². The zero-order valence-electron chi connectivity index (χ0n) is 17.8. The summed E-state index contributed by atoms with van der Waals surface area (Å²) in [5, 5.41) is 6.85. The van der Waals surface area contributed by atoms with Gasteiger partial charge in [0.2, 0.25) is 5.91 Å². The van der Waals surface area contributed by atoms with Gasteiger partial charge in [0, 0.05) is 11.3 Å². The van der Waals surface area contributed by atoms with E-state index in [2.05, 4.69) is 15.4 Å². The molecular formula is C21H23F3N4O3. The fourth-order valence-electron chi connectivity index (χ4n) is 3.49. The van der Waals surface area contributed by atoms with E-state index in [1.54, 1.807) is 25.1 Å². The fourth-order valence-corrected chi connectivity index (χ4v) is 3.49. The summed E-state index contributed by atoms with van der Waals surface area (Å²) < 4.78 is 52.2. The lowest BCUT2D eigenvalue weighted by atomic mass is 10.1. The summed E-state index contributed by atoms with van der Waals surface area (Å²) in [5.41, 5.74) is 0.256. The number of carbonyl (C=O) groups excluding carboxylic acids is 1. The molecule has 0 spiro atoms. The second-order valence-corrected chi connectivity index (χ2v) is 7.15. The van der Waals surface area contributed by atoms with Crippen molar-refractivity contribution >= 4 is 16.9 Å². The van der Waals surface area contributed by atoms with Crippen LogP contribution in [0.15, 0.2) is 24.3 Å². The van der Waals surface area contributed by atoms with Crippen LogP contribution in [0.4, 0.5) is 13.2 Å². The van der Waals surface area contributed by atoms with E-state index >= 15 is 0 Å². The van der Waals surface area contributed by atoms with Gasteiger partial charge in [-0.05, 0) is 45.0 Å². The minimum absolute atomic E-state index is 0.0200. The third-order valence-electron chi connectivity index (χ3n) is 4.89. The van der Waals surface area contributed by atoms with Crippen LogP contribution in [0.1, 0.15) is 35.5 Å². The van der Waals surface area contributed by atoms with Crippen molar-refractivity contribution in [2.75, 3.05) is 14.2 Å². The molecule has 0 aliphatic carbocycles. The topological polar surface area (TPSA) is 78.3 Å². The number of hydrogen-bond donors (Lipinski definition) is 1. The molecule has 7 nitrogen and oxygen atoms in total. The summed E-state index contributed by atoms with van der Waals surface area (Å²) in [7, 11) is 3.05. The van der Waals surface area contributed by atoms with E-state index in [0.29, 0.717) is 17.1 Å². The Morgan fingerprint density at radius 3 is 2.52 bits per heavy atom. The average molecular weight is 436 g/mol. The Hall–Kier alpha value is -3.30. The maximum Gasteiger partial charge on any atom is 0.417 e. The molecule has 166 valence electrons. The molecular weight excluding hydrogens is 413 g/mol. The summed E-state index contributed by atoms with van der Waals surface area (Å²) in [6.45, 7) is 4.42. The van der Waals surface area contributed by atoms with Crippen molar-refractivity contribution in [2.24, 2.45) is 0 Å². The van der Waals surface area contributed by atoms with Crippen molar-refractivity contribution < 1.29 is 27.4 Å². The van der Waals surface area contributed by atoms with Crippen molar-refractivity contribution in [3.8, 4) is 11.5 Å². The Kier molecular flexibility index (Phi) is 6.10. The molecule has 0 bridgehead atoms. The molecule has 0 saturated carbocycles. The van der Waals surface area contributed by atoms with Crippen LogP contribution >= 0.6 is 0 Å². The van der Waals surface area contributed by atoms with Crippen LogP contribution in [-0.4, -0.2) is 34.9 Å². The highest BCUT2D eigenvalue weighted by atomic mass is 19.4. The van der Waals surface area contributed by atoms with Gasteiger partial charge in [-0.25, -0.2) is 9.67 Å². The van der Waals surface area contributed by atoms with Gasteiger partial charge in [-0.1, -0.05) is 0 Å². The summed E-state index contributed by atoms with van der Waals surface area (Å²) >= 11 is 0. The lowest BCUT2D eigenvalue weighted by molar-refractivity contribution is -0.136. The maximum atomic E-state index is 13.5. The predicted molar refractivity (Wildman–Crippen MR) is 108 cm³/mol. The number of hydrogen-bond acceptors (Lipinski definition) is 5. The highest BCUT2D eigenvalue weighted by Gasteiger charge is 2.35. The zero-order chi connectivity index (χ0) is 22.9. The molecule has 2 heterocycles. The third kappa shape index (κ3) is 4.57. The Morgan fingerprint density at radius 2 is 1.90 bits per heavy atom. The zero-order valence-corrected chi connectivity index (χ0v) is 17.8. The molecule has 1 aromatic carbocycles. The summed E-state index contributed by atoms with van der Waals surface area (Å²) in [5.74, 6) is 0.740. The van der Waals surface area contributed by atoms with Crippen molar-refractivity contribution in [3.63, 3.8) is 0 Å². The van der Waals surface area contributed by atoms with Crippen molar-refractivity contribution in [1.82, 2.24) is 20.1 Å². The van der Waals surface area contributed by atoms with Crippen LogP contribution in [-0.2, 0) is 17.5 Å². The van der Waals surface area contributed by atoms with Crippen LogP contribution < -0.4 is 14.8 Å². The van der Waals surface area contributed by atoms with Crippen LogP contribution in [0.25, 0.3) is 11.0 Å². The molecule has 0 fully saturated rings. The van der Waals surface area contributed by atoms with Gasteiger partial charge in [-0.2, -0.15) is 18.3 Å². The number of pyridine rings is 1. The Labute approximate surface area is 177 Å². The first-order chi connectivity index (χ1) is 14.5. The summed E-state index contributed by atoms with van der Waals surface area (Å²) in [6, 6.07) is 5.76. The molecule has 0 aliphatic rings. The summed E-state index contributed by atoms with van der Waals surface area (Å²) in [4.78, 5) is 16.9. The number of benzene rings is 1. The van der Waals surface area contributed by atoms with Gasteiger partial charge in [0.15, 0.2) is 5.65 Å². The number of rotatable bonds is 6. The van der Waals surface area contributed by atoms with Gasteiger partial charge < -0.3 is 14.8 Å². The second kappa shape index (κ2) is 8.44. The highest BCUT2D eigenvalue weighted by molar-refractivity contribution is 5.85. The van der Waals surface area contributed by atoms with E-state index in [-0.39, 0.29) is 29.0 Å². The summed E-state index contributed by atoms with van der Waals surface area (Å²) in [6.07, 6.45) is -4.55. The Balaban J connectivity index is 1.89. The highest BCUT2D eigenvalue weighted by Crippen LogP contribution is 2.36. The Bertz CT molecular complexity index is 1130. The SMILES string of the molecule is COc1ccc(OC)c(C(C)NC(=O)Cn2nc(C)c3c(C(F)(F)F)cc(C)nc32)c1. The molecule has 0 radical (unpaired) electrons. The number of amides is 1. The number of methoxy groups -OCH3 is 2. The number of fused-ring (bicyclic) bond motifs is 1. The number of nitrogens with zero attached hydrogens (tertiary/aromatic N) is 3. The number of aryl methyl sites for hydroxylation is 2.